The molecule has 0 aliphatic carbocycles. The molecule has 2 N–H and O–H groups in total. The Kier molecular flexibility index (Phi) is 3.80. The molecule has 1 atom stereocenters. The zero-order valence-corrected chi connectivity index (χ0v) is 10.8. The van der Waals surface area contributed by atoms with Crippen LogP contribution in [0, 0.1) is 6.92 Å². The number of nitrogens with two attached hydrogens (primary N) is 1. The number of thioether (sulfide) groups is 1. The number of aromatic nitrogens is 1. The molecular weight excluding hydrogens is 244 g/mol. The van der Waals surface area contributed by atoms with E-state index in [4.69, 9.17) is 5.73 Å². The van der Waals surface area contributed by atoms with Crippen molar-refractivity contribution in [2.75, 3.05) is 6.54 Å². The molecule has 0 spiro atoms. The molecule has 0 saturated heterocycles. The maximum Gasteiger partial charge on any atom is 0.150 e. The average molecular weight is 256 g/mol. The van der Waals surface area contributed by atoms with Gasteiger partial charge in [0.05, 0.1) is 0 Å². The van der Waals surface area contributed by atoms with Gasteiger partial charge in [-0.1, -0.05) is 11.8 Å². The van der Waals surface area contributed by atoms with Crippen LogP contribution in [0.4, 0.5) is 0 Å². The van der Waals surface area contributed by atoms with Crippen LogP contribution in [0.2, 0.25) is 0 Å². The van der Waals surface area contributed by atoms with Gasteiger partial charge in [0.15, 0.2) is 4.34 Å². The fraction of sp³-hybridized carbons (Fsp3) is 0.300. The number of aryl methyl sites for hydroxylation is 1. The molecule has 2 rings (SSSR count). The van der Waals surface area contributed by atoms with Crippen molar-refractivity contribution >= 4 is 34.4 Å². The molecule has 0 aliphatic rings. The predicted molar refractivity (Wildman–Crippen MR) is 68.8 cm³/mol. The van der Waals surface area contributed by atoms with Gasteiger partial charge < -0.3 is 5.73 Å². The van der Waals surface area contributed by atoms with Gasteiger partial charge in [-0.05, 0) is 29.3 Å². The van der Waals surface area contributed by atoms with Crippen LogP contribution in [-0.2, 0) is 0 Å². The number of rotatable bonds is 4. The number of nitrogens with zero attached hydrogens (tertiary/aromatic N) is 1. The molecule has 0 fully saturated rings. The third-order valence-corrected chi connectivity index (χ3v) is 5.04. The van der Waals surface area contributed by atoms with Crippen LogP contribution < -0.4 is 5.73 Å². The van der Waals surface area contributed by atoms with Crippen molar-refractivity contribution in [3.63, 3.8) is 0 Å². The van der Waals surface area contributed by atoms with Crippen molar-refractivity contribution < 1.29 is 0 Å². The third kappa shape index (κ3) is 2.81. The summed E-state index contributed by atoms with van der Waals surface area (Å²) in [4.78, 5) is 4.44. The molecule has 0 saturated carbocycles. The summed E-state index contributed by atoms with van der Waals surface area (Å²) < 4.78 is 1.11. The fourth-order valence-electron chi connectivity index (χ4n) is 1.22. The lowest BCUT2D eigenvalue weighted by atomic mass is 10.2. The molecule has 2 heterocycles. The van der Waals surface area contributed by atoms with Crippen LogP contribution in [0.15, 0.2) is 26.5 Å². The highest BCUT2D eigenvalue weighted by atomic mass is 32.2. The zero-order valence-electron chi connectivity index (χ0n) is 8.34. The first kappa shape index (κ1) is 11.1. The van der Waals surface area contributed by atoms with E-state index in [0.29, 0.717) is 11.8 Å². The largest absolute Gasteiger partial charge is 0.329 e. The number of hydrogen-bond donors (Lipinski definition) is 1. The monoisotopic (exact) mass is 256 g/mol. The van der Waals surface area contributed by atoms with Gasteiger partial charge in [-0.25, -0.2) is 4.98 Å². The van der Waals surface area contributed by atoms with Crippen LogP contribution in [0.3, 0.4) is 0 Å². The molecule has 2 aromatic heterocycles. The SMILES string of the molecule is Cc1csc(SC(CN)c2ccsc2)n1. The Morgan fingerprint density at radius 3 is 2.93 bits per heavy atom. The molecule has 15 heavy (non-hydrogen) atoms. The summed E-state index contributed by atoms with van der Waals surface area (Å²) in [5.74, 6) is 0. The van der Waals surface area contributed by atoms with E-state index in [0.717, 1.165) is 10.0 Å². The Bertz CT molecular complexity index is 408. The summed E-state index contributed by atoms with van der Waals surface area (Å²) in [5.41, 5.74) is 8.17. The van der Waals surface area contributed by atoms with Gasteiger partial charge >= 0.3 is 0 Å². The van der Waals surface area contributed by atoms with Crippen molar-refractivity contribution in [3.05, 3.63) is 33.5 Å². The zero-order chi connectivity index (χ0) is 10.7. The minimum atomic E-state index is 0.335. The van der Waals surface area contributed by atoms with Gasteiger partial charge in [0, 0.05) is 22.9 Å². The summed E-state index contributed by atoms with van der Waals surface area (Å²) >= 11 is 5.16. The molecule has 0 amide bonds. The van der Waals surface area contributed by atoms with E-state index < -0.39 is 0 Å². The van der Waals surface area contributed by atoms with E-state index in [2.05, 4.69) is 27.2 Å². The molecule has 2 nitrogen and oxygen atoms in total. The van der Waals surface area contributed by atoms with Crippen molar-refractivity contribution in [2.24, 2.45) is 5.73 Å². The predicted octanol–water partition coefficient (Wildman–Crippen LogP) is 3.31. The molecule has 1 unspecified atom stereocenters. The second-order valence-electron chi connectivity index (χ2n) is 3.15. The first-order valence-electron chi connectivity index (χ1n) is 4.60. The van der Waals surface area contributed by atoms with Gasteiger partial charge in [-0.2, -0.15) is 11.3 Å². The van der Waals surface area contributed by atoms with Crippen LogP contribution in [-0.4, -0.2) is 11.5 Å². The first-order valence-corrected chi connectivity index (χ1v) is 7.30. The van der Waals surface area contributed by atoms with Gasteiger partial charge in [0.25, 0.3) is 0 Å². The maximum absolute atomic E-state index is 5.78. The Morgan fingerprint density at radius 1 is 1.53 bits per heavy atom. The second kappa shape index (κ2) is 5.12. The second-order valence-corrected chi connectivity index (χ2v) is 6.24. The Labute approximate surface area is 102 Å². The lowest BCUT2D eigenvalue weighted by Crippen LogP contribution is -2.08. The van der Waals surface area contributed by atoms with Gasteiger partial charge in [-0.15, -0.1) is 11.3 Å². The van der Waals surface area contributed by atoms with Gasteiger partial charge in [-0.3, -0.25) is 0 Å². The third-order valence-electron chi connectivity index (χ3n) is 1.97. The average Bonchev–Trinajstić information content (AvgIpc) is 2.85. The summed E-state index contributed by atoms with van der Waals surface area (Å²) in [7, 11) is 0. The van der Waals surface area contributed by atoms with E-state index in [1.54, 1.807) is 34.4 Å². The molecule has 0 bridgehead atoms. The number of hydrogen-bond acceptors (Lipinski definition) is 5. The highest BCUT2D eigenvalue weighted by Crippen LogP contribution is 2.36. The van der Waals surface area contributed by atoms with E-state index in [1.165, 1.54) is 5.56 Å². The number of thiophene rings is 1. The topological polar surface area (TPSA) is 38.9 Å². The van der Waals surface area contributed by atoms with E-state index in [1.807, 2.05) is 6.92 Å². The smallest absolute Gasteiger partial charge is 0.150 e. The van der Waals surface area contributed by atoms with Crippen LogP contribution >= 0.6 is 34.4 Å². The highest BCUT2D eigenvalue weighted by molar-refractivity contribution is 8.01. The standard InChI is InChI=1S/C10H12N2S3/c1-7-5-14-10(12-7)15-9(4-11)8-2-3-13-6-8/h2-3,5-6,9H,4,11H2,1H3. The van der Waals surface area contributed by atoms with Crippen molar-refractivity contribution in [3.8, 4) is 0 Å². The van der Waals surface area contributed by atoms with Crippen molar-refractivity contribution in [2.45, 2.75) is 16.5 Å². The lowest BCUT2D eigenvalue weighted by molar-refractivity contribution is 0.943. The Balaban J connectivity index is 2.09. The normalized spacial score (nSPS) is 12.9. The lowest BCUT2D eigenvalue weighted by Gasteiger charge is -2.10. The van der Waals surface area contributed by atoms with E-state index >= 15 is 0 Å². The molecule has 5 heteroatoms. The summed E-state index contributed by atoms with van der Waals surface area (Å²) in [5, 5.41) is 6.65. The van der Waals surface area contributed by atoms with Crippen LogP contribution in [0.5, 0.6) is 0 Å². The maximum atomic E-state index is 5.78. The number of thiazole rings is 1. The quantitative estimate of drug-likeness (QED) is 0.853. The first-order chi connectivity index (χ1) is 7.29. The molecule has 0 radical (unpaired) electrons. The molecular formula is C10H12N2S3. The van der Waals surface area contributed by atoms with Crippen molar-refractivity contribution in [1.82, 2.24) is 4.98 Å². The highest BCUT2D eigenvalue weighted by Gasteiger charge is 2.13. The minimum absolute atomic E-state index is 0.335. The van der Waals surface area contributed by atoms with Gasteiger partial charge in [0.2, 0.25) is 0 Å². The molecule has 0 aromatic carbocycles. The van der Waals surface area contributed by atoms with Crippen LogP contribution in [0.25, 0.3) is 0 Å². The van der Waals surface area contributed by atoms with Crippen molar-refractivity contribution in [1.29, 1.82) is 0 Å². The molecule has 0 aliphatic heterocycles. The Hall–Kier alpha value is -0.360. The minimum Gasteiger partial charge on any atom is -0.329 e. The summed E-state index contributed by atoms with van der Waals surface area (Å²) in [6.07, 6.45) is 0. The van der Waals surface area contributed by atoms with E-state index in [-0.39, 0.29) is 0 Å². The van der Waals surface area contributed by atoms with Crippen LogP contribution in [0.1, 0.15) is 16.5 Å². The summed E-state index contributed by atoms with van der Waals surface area (Å²) in [6, 6.07) is 2.13. The molecule has 80 valence electrons. The van der Waals surface area contributed by atoms with Gasteiger partial charge in [0.1, 0.15) is 0 Å². The Morgan fingerprint density at radius 2 is 2.40 bits per heavy atom. The van der Waals surface area contributed by atoms with E-state index in [9.17, 15) is 0 Å². The fourth-order valence-corrected chi connectivity index (χ4v) is 4.07. The summed E-state index contributed by atoms with van der Waals surface area (Å²) in [6.45, 7) is 2.67. The molecule has 2 aromatic rings.